The maximum atomic E-state index is 13.7. The predicted molar refractivity (Wildman–Crippen MR) is 114 cm³/mol. The second-order valence-electron chi connectivity index (χ2n) is 6.81. The Labute approximate surface area is 172 Å². The zero-order chi connectivity index (χ0) is 21.4. The standard InChI is InChI=1S/C21H28FN3O3S/c1-5-23-21(24-13-16(3)28-19-9-7-6-8-18(19)22)25-14-17-10-11-20(15(2)12-17)29(4,26)27/h6-12,16H,5,13-14H2,1-4H3,(H2,23,24,25). The maximum absolute atomic E-state index is 13.7. The first-order valence-corrected chi connectivity index (χ1v) is 11.3. The Bertz CT molecular complexity index is 961. The fourth-order valence-electron chi connectivity index (χ4n) is 2.78. The summed E-state index contributed by atoms with van der Waals surface area (Å²) < 4.78 is 42.8. The lowest BCUT2D eigenvalue weighted by Crippen LogP contribution is -2.41. The van der Waals surface area contributed by atoms with Crippen molar-refractivity contribution in [2.45, 2.75) is 38.3 Å². The molecule has 6 nitrogen and oxygen atoms in total. The van der Waals surface area contributed by atoms with E-state index in [4.69, 9.17) is 4.74 Å². The molecule has 0 amide bonds. The molecule has 0 radical (unpaired) electrons. The Morgan fingerprint density at radius 2 is 1.93 bits per heavy atom. The first-order chi connectivity index (χ1) is 13.7. The van der Waals surface area contributed by atoms with E-state index in [1.54, 1.807) is 37.3 Å². The van der Waals surface area contributed by atoms with Crippen LogP contribution >= 0.6 is 0 Å². The van der Waals surface area contributed by atoms with Crippen LogP contribution in [0.2, 0.25) is 0 Å². The highest BCUT2D eigenvalue weighted by Crippen LogP contribution is 2.18. The SMILES string of the molecule is CCNC(=NCc1ccc(S(C)(=O)=O)c(C)c1)NCC(C)Oc1ccccc1F. The minimum absolute atomic E-state index is 0.213. The minimum Gasteiger partial charge on any atom is -0.486 e. The zero-order valence-corrected chi connectivity index (χ0v) is 18.0. The van der Waals surface area contributed by atoms with Gasteiger partial charge in [-0.15, -0.1) is 0 Å². The van der Waals surface area contributed by atoms with Crippen LogP contribution in [-0.2, 0) is 16.4 Å². The van der Waals surface area contributed by atoms with Crippen LogP contribution in [0, 0.1) is 12.7 Å². The van der Waals surface area contributed by atoms with E-state index >= 15 is 0 Å². The third-order valence-electron chi connectivity index (χ3n) is 4.12. The van der Waals surface area contributed by atoms with E-state index in [1.165, 1.54) is 12.3 Å². The van der Waals surface area contributed by atoms with Gasteiger partial charge in [-0.05, 0) is 50.1 Å². The number of nitrogens with zero attached hydrogens (tertiary/aromatic N) is 1. The molecule has 1 unspecified atom stereocenters. The summed E-state index contributed by atoms with van der Waals surface area (Å²) >= 11 is 0. The summed E-state index contributed by atoms with van der Waals surface area (Å²) in [5.41, 5.74) is 1.60. The van der Waals surface area contributed by atoms with Gasteiger partial charge in [-0.1, -0.05) is 24.3 Å². The van der Waals surface area contributed by atoms with E-state index in [0.717, 1.165) is 5.56 Å². The summed E-state index contributed by atoms with van der Waals surface area (Å²) in [6, 6.07) is 11.5. The number of guanidine groups is 1. The first kappa shape index (κ1) is 22.7. The van der Waals surface area contributed by atoms with Crippen LogP contribution in [0.3, 0.4) is 0 Å². The van der Waals surface area contributed by atoms with Crippen LogP contribution in [0.4, 0.5) is 4.39 Å². The molecule has 158 valence electrons. The lowest BCUT2D eigenvalue weighted by Gasteiger charge is -2.18. The molecule has 0 aromatic heterocycles. The summed E-state index contributed by atoms with van der Waals surface area (Å²) in [6.45, 7) is 7.09. The van der Waals surface area contributed by atoms with Gasteiger partial charge < -0.3 is 15.4 Å². The van der Waals surface area contributed by atoms with E-state index in [9.17, 15) is 12.8 Å². The van der Waals surface area contributed by atoms with Crippen LogP contribution in [0.5, 0.6) is 5.75 Å². The molecule has 0 saturated heterocycles. The number of benzene rings is 2. The van der Waals surface area contributed by atoms with E-state index in [-0.39, 0.29) is 11.9 Å². The molecule has 0 bridgehead atoms. The average molecular weight is 422 g/mol. The van der Waals surface area contributed by atoms with Crippen LogP contribution in [0.25, 0.3) is 0 Å². The second kappa shape index (κ2) is 10.2. The van der Waals surface area contributed by atoms with E-state index < -0.39 is 15.7 Å². The summed E-state index contributed by atoms with van der Waals surface area (Å²) in [5.74, 6) is 0.416. The predicted octanol–water partition coefficient (Wildman–Crippen LogP) is 3.06. The van der Waals surface area contributed by atoms with Crippen LogP contribution in [0.15, 0.2) is 52.4 Å². The maximum Gasteiger partial charge on any atom is 0.191 e. The molecule has 0 aliphatic heterocycles. The molecule has 2 aromatic rings. The van der Waals surface area contributed by atoms with Crippen molar-refractivity contribution in [1.82, 2.24) is 10.6 Å². The zero-order valence-electron chi connectivity index (χ0n) is 17.2. The van der Waals surface area contributed by atoms with E-state index in [1.807, 2.05) is 19.9 Å². The normalized spacial score (nSPS) is 13.1. The highest BCUT2D eigenvalue weighted by molar-refractivity contribution is 7.90. The Balaban J connectivity index is 1.99. The van der Waals surface area contributed by atoms with Gasteiger partial charge in [-0.25, -0.2) is 17.8 Å². The van der Waals surface area contributed by atoms with Gasteiger partial charge in [0.15, 0.2) is 27.4 Å². The minimum atomic E-state index is -3.24. The summed E-state index contributed by atoms with van der Waals surface area (Å²) in [5, 5.41) is 6.32. The van der Waals surface area contributed by atoms with Crippen molar-refractivity contribution in [2.24, 2.45) is 4.99 Å². The molecule has 0 aliphatic rings. The number of halogens is 1. The van der Waals surface area contributed by atoms with Crippen molar-refractivity contribution in [3.8, 4) is 5.75 Å². The van der Waals surface area contributed by atoms with Crippen molar-refractivity contribution in [3.63, 3.8) is 0 Å². The van der Waals surface area contributed by atoms with Crippen LogP contribution in [0.1, 0.15) is 25.0 Å². The third-order valence-corrected chi connectivity index (χ3v) is 5.38. The van der Waals surface area contributed by atoms with Crippen molar-refractivity contribution < 1.29 is 17.5 Å². The average Bonchev–Trinajstić information content (AvgIpc) is 2.65. The second-order valence-corrected chi connectivity index (χ2v) is 8.79. The monoisotopic (exact) mass is 421 g/mol. The summed E-state index contributed by atoms with van der Waals surface area (Å²) in [6.07, 6.45) is 0.928. The largest absolute Gasteiger partial charge is 0.486 e. The van der Waals surface area contributed by atoms with Crippen molar-refractivity contribution in [1.29, 1.82) is 0 Å². The molecular formula is C21H28FN3O3S. The Morgan fingerprint density at radius 3 is 2.55 bits per heavy atom. The van der Waals surface area contributed by atoms with Crippen molar-refractivity contribution in [2.75, 3.05) is 19.3 Å². The fourth-order valence-corrected chi connectivity index (χ4v) is 3.74. The Kier molecular flexibility index (Phi) is 8.01. The van der Waals surface area contributed by atoms with E-state index in [2.05, 4.69) is 15.6 Å². The first-order valence-electron chi connectivity index (χ1n) is 9.43. The number of nitrogens with one attached hydrogen (secondary N) is 2. The van der Waals surface area contributed by atoms with Crippen molar-refractivity contribution in [3.05, 3.63) is 59.4 Å². The number of rotatable bonds is 8. The summed E-state index contributed by atoms with van der Waals surface area (Å²) in [7, 11) is -3.24. The highest BCUT2D eigenvalue weighted by Gasteiger charge is 2.11. The molecular weight excluding hydrogens is 393 g/mol. The molecule has 2 rings (SSSR count). The van der Waals surface area contributed by atoms with Gasteiger partial charge in [0.2, 0.25) is 0 Å². The number of hydrogen-bond donors (Lipinski definition) is 2. The molecule has 0 spiro atoms. The van der Waals surface area contributed by atoms with Gasteiger partial charge >= 0.3 is 0 Å². The molecule has 29 heavy (non-hydrogen) atoms. The van der Waals surface area contributed by atoms with Gasteiger partial charge in [0.05, 0.1) is 18.0 Å². The third kappa shape index (κ3) is 7.05. The smallest absolute Gasteiger partial charge is 0.191 e. The topological polar surface area (TPSA) is 79.8 Å². The van der Waals surface area contributed by atoms with Gasteiger partial charge in [0, 0.05) is 12.8 Å². The van der Waals surface area contributed by atoms with Gasteiger partial charge in [-0.2, -0.15) is 0 Å². The lowest BCUT2D eigenvalue weighted by atomic mass is 10.1. The molecule has 2 N–H and O–H groups in total. The van der Waals surface area contributed by atoms with Gasteiger partial charge in [-0.3, -0.25) is 0 Å². The molecule has 0 fully saturated rings. The molecule has 0 heterocycles. The van der Waals surface area contributed by atoms with E-state index in [0.29, 0.717) is 36.1 Å². The Morgan fingerprint density at radius 1 is 1.21 bits per heavy atom. The Hall–Kier alpha value is -2.61. The number of aliphatic imine (C=N–C) groups is 1. The highest BCUT2D eigenvalue weighted by atomic mass is 32.2. The van der Waals surface area contributed by atoms with Gasteiger partial charge in [0.25, 0.3) is 0 Å². The molecule has 0 saturated carbocycles. The number of sulfone groups is 1. The lowest BCUT2D eigenvalue weighted by molar-refractivity contribution is 0.214. The van der Waals surface area contributed by atoms with Crippen LogP contribution in [-0.4, -0.2) is 39.8 Å². The van der Waals surface area contributed by atoms with Crippen molar-refractivity contribution >= 4 is 15.8 Å². The number of ether oxygens (including phenoxy) is 1. The molecule has 0 aliphatic carbocycles. The molecule has 2 aromatic carbocycles. The molecule has 8 heteroatoms. The van der Waals surface area contributed by atoms with Gasteiger partial charge in [0.1, 0.15) is 6.10 Å². The fraction of sp³-hybridized carbons (Fsp3) is 0.381. The summed E-state index contributed by atoms with van der Waals surface area (Å²) in [4.78, 5) is 4.86. The number of hydrogen-bond acceptors (Lipinski definition) is 4. The van der Waals surface area contributed by atoms with Crippen LogP contribution < -0.4 is 15.4 Å². The quantitative estimate of drug-likeness (QED) is 0.506. The molecule has 1 atom stereocenters. The number of para-hydroxylation sites is 1. The number of aryl methyl sites for hydroxylation is 1.